The average Bonchev–Trinajstić information content (AvgIpc) is 3.27. The van der Waals surface area contributed by atoms with Crippen molar-refractivity contribution in [2.75, 3.05) is 0 Å². The van der Waals surface area contributed by atoms with Crippen LogP contribution >= 0.6 is 0 Å². The van der Waals surface area contributed by atoms with Crippen molar-refractivity contribution in [3.8, 4) is 22.4 Å². The van der Waals surface area contributed by atoms with Gasteiger partial charge in [0.05, 0.1) is 23.2 Å². The van der Waals surface area contributed by atoms with Gasteiger partial charge in [-0.3, -0.25) is 4.98 Å². The Bertz CT molecular complexity index is 1350. The zero-order valence-corrected chi connectivity index (χ0v) is 18.1. The predicted octanol–water partition coefficient (Wildman–Crippen LogP) is 4.94. The van der Waals surface area contributed by atoms with Crippen molar-refractivity contribution in [2.45, 2.75) is 19.4 Å². The lowest BCUT2D eigenvalue weighted by molar-refractivity contribution is 0.791. The van der Waals surface area contributed by atoms with Gasteiger partial charge in [-0.25, -0.2) is 9.97 Å². The van der Waals surface area contributed by atoms with Crippen LogP contribution in [0.3, 0.4) is 0 Å². The molecule has 5 aromatic rings. The molecule has 0 saturated carbocycles. The van der Waals surface area contributed by atoms with Crippen molar-refractivity contribution in [1.82, 2.24) is 19.5 Å². The van der Waals surface area contributed by atoms with E-state index < -0.39 is 0 Å². The molecule has 0 atom stereocenters. The van der Waals surface area contributed by atoms with Crippen LogP contribution in [-0.4, -0.2) is 19.5 Å². The van der Waals surface area contributed by atoms with Crippen LogP contribution in [0.4, 0.5) is 0 Å². The quantitative estimate of drug-likeness (QED) is 0.423. The summed E-state index contributed by atoms with van der Waals surface area (Å²) in [4.78, 5) is 14.1. The van der Waals surface area contributed by atoms with Crippen LogP contribution in [0.15, 0.2) is 85.5 Å². The first-order valence-corrected chi connectivity index (χ1v) is 10.8. The zero-order chi connectivity index (χ0) is 21.9. The number of pyridine rings is 2. The SMILES string of the molecule is Cn1cncc1CCc1nccc2nc(-c3ccc(CN)cc3)c(-c3ccccc3)cc12. The Hall–Kier alpha value is -3.83. The summed E-state index contributed by atoms with van der Waals surface area (Å²) in [5.74, 6) is 0. The van der Waals surface area contributed by atoms with Crippen molar-refractivity contribution in [3.05, 3.63) is 102 Å². The maximum atomic E-state index is 5.80. The topological polar surface area (TPSA) is 69.6 Å². The number of aryl methyl sites for hydroxylation is 3. The van der Waals surface area contributed by atoms with Gasteiger partial charge < -0.3 is 10.3 Å². The van der Waals surface area contributed by atoms with Crippen molar-refractivity contribution in [1.29, 1.82) is 0 Å². The molecule has 0 aliphatic carbocycles. The van der Waals surface area contributed by atoms with E-state index in [0.29, 0.717) is 6.54 Å². The Morgan fingerprint density at radius 3 is 2.44 bits per heavy atom. The summed E-state index contributed by atoms with van der Waals surface area (Å²) in [6, 6.07) is 23.0. The first kappa shape index (κ1) is 20.1. The Morgan fingerprint density at radius 2 is 1.72 bits per heavy atom. The molecule has 0 aliphatic heterocycles. The standard InChI is InChI=1S/C27H25N5/c1-32-18-29-17-22(32)11-12-25-24-15-23(20-5-3-2-4-6-20)27(31-26(24)13-14-30-25)21-9-7-19(16-28)8-10-21/h2-10,13-15,17-18H,11-12,16,28H2,1H3. The molecule has 3 aromatic heterocycles. The summed E-state index contributed by atoms with van der Waals surface area (Å²) >= 11 is 0. The fourth-order valence-electron chi connectivity index (χ4n) is 4.08. The molecule has 0 bridgehead atoms. The first-order chi connectivity index (χ1) is 15.7. The summed E-state index contributed by atoms with van der Waals surface area (Å²) < 4.78 is 2.06. The molecule has 2 aromatic carbocycles. The van der Waals surface area contributed by atoms with E-state index in [0.717, 1.165) is 57.4 Å². The minimum Gasteiger partial charge on any atom is -0.338 e. The summed E-state index contributed by atoms with van der Waals surface area (Å²) in [7, 11) is 2.02. The predicted molar refractivity (Wildman–Crippen MR) is 129 cm³/mol. The van der Waals surface area contributed by atoms with Gasteiger partial charge in [0, 0.05) is 48.2 Å². The maximum absolute atomic E-state index is 5.80. The molecule has 2 N–H and O–H groups in total. The van der Waals surface area contributed by atoms with Crippen LogP contribution < -0.4 is 5.73 Å². The smallest absolute Gasteiger partial charge is 0.0945 e. The molecule has 0 unspecified atom stereocenters. The van der Waals surface area contributed by atoms with E-state index >= 15 is 0 Å². The van der Waals surface area contributed by atoms with Gasteiger partial charge in [0.1, 0.15) is 0 Å². The summed E-state index contributed by atoms with van der Waals surface area (Å²) in [6.45, 7) is 0.530. The molecule has 0 aliphatic rings. The molecule has 0 saturated heterocycles. The fraction of sp³-hybridized carbons (Fsp3) is 0.148. The third-order valence-corrected chi connectivity index (χ3v) is 5.91. The minimum atomic E-state index is 0.530. The first-order valence-electron chi connectivity index (χ1n) is 10.8. The fourth-order valence-corrected chi connectivity index (χ4v) is 4.08. The molecule has 0 spiro atoms. The minimum absolute atomic E-state index is 0.530. The number of hydrogen-bond donors (Lipinski definition) is 1. The molecule has 0 amide bonds. The Kier molecular flexibility index (Phi) is 5.48. The van der Waals surface area contributed by atoms with E-state index in [-0.39, 0.29) is 0 Å². The molecule has 0 radical (unpaired) electrons. The monoisotopic (exact) mass is 419 g/mol. The van der Waals surface area contributed by atoms with Crippen molar-refractivity contribution in [2.24, 2.45) is 12.8 Å². The highest BCUT2D eigenvalue weighted by molar-refractivity contribution is 5.92. The van der Waals surface area contributed by atoms with E-state index in [1.54, 1.807) is 0 Å². The molecular formula is C27H25N5. The Balaban J connectivity index is 1.64. The van der Waals surface area contributed by atoms with Crippen LogP contribution in [0.1, 0.15) is 17.0 Å². The second-order valence-corrected chi connectivity index (χ2v) is 7.97. The van der Waals surface area contributed by atoms with E-state index in [9.17, 15) is 0 Å². The van der Waals surface area contributed by atoms with Gasteiger partial charge in [-0.15, -0.1) is 0 Å². The van der Waals surface area contributed by atoms with Crippen molar-refractivity contribution >= 4 is 10.9 Å². The molecule has 158 valence electrons. The van der Waals surface area contributed by atoms with Crippen LogP contribution in [0.5, 0.6) is 0 Å². The largest absolute Gasteiger partial charge is 0.338 e. The summed E-state index contributed by atoms with van der Waals surface area (Å²) in [5, 5.41) is 1.09. The van der Waals surface area contributed by atoms with Crippen molar-refractivity contribution in [3.63, 3.8) is 0 Å². The second-order valence-electron chi connectivity index (χ2n) is 7.97. The Labute approximate surface area is 187 Å². The normalized spacial score (nSPS) is 11.2. The summed E-state index contributed by atoms with van der Waals surface area (Å²) in [6.07, 6.45) is 7.32. The molecular weight excluding hydrogens is 394 g/mol. The molecule has 0 fully saturated rings. The zero-order valence-electron chi connectivity index (χ0n) is 18.1. The van der Waals surface area contributed by atoms with E-state index in [1.165, 1.54) is 5.69 Å². The third kappa shape index (κ3) is 3.90. The number of aromatic nitrogens is 4. The average molecular weight is 420 g/mol. The van der Waals surface area contributed by atoms with Gasteiger partial charge >= 0.3 is 0 Å². The highest BCUT2D eigenvalue weighted by Gasteiger charge is 2.14. The highest BCUT2D eigenvalue weighted by atomic mass is 15.0. The van der Waals surface area contributed by atoms with E-state index in [2.05, 4.69) is 64.1 Å². The van der Waals surface area contributed by atoms with Crippen LogP contribution in [0, 0.1) is 0 Å². The molecule has 5 nitrogen and oxygen atoms in total. The van der Waals surface area contributed by atoms with Gasteiger partial charge in [-0.1, -0.05) is 54.6 Å². The van der Waals surface area contributed by atoms with Crippen LogP contribution in [-0.2, 0) is 26.4 Å². The van der Waals surface area contributed by atoms with Gasteiger partial charge in [0.2, 0.25) is 0 Å². The number of imidazole rings is 1. The lowest BCUT2D eigenvalue weighted by Gasteiger charge is -2.14. The van der Waals surface area contributed by atoms with Gasteiger partial charge in [0.25, 0.3) is 0 Å². The van der Waals surface area contributed by atoms with Gasteiger partial charge in [0.15, 0.2) is 0 Å². The summed E-state index contributed by atoms with van der Waals surface area (Å²) in [5.41, 5.74) is 14.4. The van der Waals surface area contributed by atoms with Gasteiger partial charge in [-0.2, -0.15) is 0 Å². The maximum Gasteiger partial charge on any atom is 0.0945 e. The number of nitrogens with two attached hydrogens (primary N) is 1. The van der Waals surface area contributed by atoms with Gasteiger partial charge in [-0.05, 0) is 36.1 Å². The van der Waals surface area contributed by atoms with E-state index in [4.69, 9.17) is 15.7 Å². The number of rotatable bonds is 6. The van der Waals surface area contributed by atoms with Crippen LogP contribution in [0.2, 0.25) is 0 Å². The lowest BCUT2D eigenvalue weighted by atomic mass is 9.96. The van der Waals surface area contributed by atoms with Crippen molar-refractivity contribution < 1.29 is 0 Å². The van der Waals surface area contributed by atoms with Crippen LogP contribution in [0.25, 0.3) is 33.3 Å². The second kappa shape index (κ2) is 8.73. The van der Waals surface area contributed by atoms with E-state index in [1.807, 2.05) is 37.9 Å². The molecule has 5 rings (SSSR count). The highest BCUT2D eigenvalue weighted by Crippen LogP contribution is 2.34. The number of hydrogen-bond acceptors (Lipinski definition) is 4. The molecule has 32 heavy (non-hydrogen) atoms. The lowest BCUT2D eigenvalue weighted by Crippen LogP contribution is -2.01. The Morgan fingerprint density at radius 1 is 0.906 bits per heavy atom. The number of fused-ring (bicyclic) bond motifs is 1. The molecule has 3 heterocycles. The number of benzene rings is 2. The third-order valence-electron chi connectivity index (χ3n) is 5.91. The number of nitrogens with zero attached hydrogens (tertiary/aromatic N) is 4. The molecule has 5 heteroatoms.